The van der Waals surface area contributed by atoms with Gasteiger partial charge in [-0.25, -0.2) is 0 Å². The number of benzene rings is 2. The molecule has 6 nitrogen and oxygen atoms in total. The highest BCUT2D eigenvalue weighted by Crippen LogP contribution is 2.36. The number of hydrogen-bond donors (Lipinski definition) is 2. The van der Waals surface area contributed by atoms with Crippen LogP contribution in [-0.4, -0.2) is 57.2 Å². The lowest BCUT2D eigenvalue weighted by Crippen LogP contribution is -2.46. The van der Waals surface area contributed by atoms with Crippen LogP contribution in [0.3, 0.4) is 0 Å². The van der Waals surface area contributed by atoms with E-state index in [1.807, 2.05) is 48.5 Å². The molecule has 0 spiro atoms. The Morgan fingerprint density at radius 3 is 2.66 bits per heavy atom. The first-order valence-corrected chi connectivity index (χ1v) is 9.63. The quantitative estimate of drug-likeness (QED) is 0.647. The number of methoxy groups -OCH3 is 1. The number of amides is 1. The second-order valence-corrected chi connectivity index (χ2v) is 6.88. The first kappa shape index (κ1) is 21.2. The summed E-state index contributed by atoms with van der Waals surface area (Å²) in [5.74, 6) is 0.852. The molecule has 0 saturated carbocycles. The normalized spacial score (nSPS) is 14.4. The number of ether oxygens (including phenoxy) is 1. The van der Waals surface area contributed by atoms with Gasteiger partial charge < -0.3 is 19.8 Å². The molecule has 1 saturated heterocycles. The van der Waals surface area contributed by atoms with Crippen LogP contribution in [0.4, 0.5) is 0 Å². The number of carbonyl (C=O) groups is 1. The third-order valence-corrected chi connectivity index (χ3v) is 5.09. The standard InChI is InChI=1S/C22H25N3O3.ClH/c1-27-17-7-8-18-19(15-17)28-21(20(18)16-5-3-2-4-6-16)22(26)24-11-14-25-12-9-23-10-13-25;/h2-8,15,23H,9-14H2,1H3,(H,24,26);1H. The van der Waals surface area contributed by atoms with Crippen LogP contribution in [0.5, 0.6) is 5.75 Å². The highest BCUT2D eigenvalue weighted by atomic mass is 35.5. The Morgan fingerprint density at radius 2 is 1.93 bits per heavy atom. The topological polar surface area (TPSA) is 66.7 Å². The van der Waals surface area contributed by atoms with Crippen molar-refractivity contribution in [2.75, 3.05) is 46.4 Å². The summed E-state index contributed by atoms with van der Waals surface area (Å²) >= 11 is 0. The van der Waals surface area contributed by atoms with Gasteiger partial charge in [-0.3, -0.25) is 9.69 Å². The van der Waals surface area contributed by atoms with Crippen molar-refractivity contribution in [3.8, 4) is 16.9 Å². The molecular formula is C22H26ClN3O3. The molecule has 154 valence electrons. The summed E-state index contributed by atoms with van der Waals surface area (Å²) in [4.78, 5) is 15.3. The van der Waals surface area contributed by atoms with Crippen LogP contribution in [-0.2, 0) is 0 Å². The van der Waals surface area contributed by atoms with Crippen molar-refractivity contribution in [3.05, 3.63) is 54.3 Å². The maximum Gasteiger partial charge on any atom is 0.287 e. The van der Waals surface area contributed by atoms with Crippen molar-refractivity contribution in [2.24, 2.45) is 0 Å². The van der Waals surface area contributed by atoms with Crippen LogP contribution in [0.2, 0.25) is 0 Å². The Hall–Kier alpha value is -2.54. The molecule has 0 unspecified atom stereocenters. The first-order valence-electron chi connectivity index (χ1n) is 9.63. The summed E-state index contributed by atoms with van der Waals surface area (Å²) in [6.07, 6.45) is 0. The van der Waals surface area contributed by atoms with Crippen molar-refractivity contribution in [1.29, 1.82) is 0 Å². The van der Waals surface area contributed by atoms with E-state index in [9.17, 15) is 4.79 Å². The lowest BCUT2D eigenvalue weighted by Gasteiger charge is -2.27. The molecule has 29 heavy (non-hydrogen) atoms. The summed E-state index contributed by atoms with van der Waals surface area (Å²) in [5.41, 5.74) is 2.42. The third-order valence-electron chi connectivity index (χ3n) is 5.09. The summed E-state index contributed by atoms with van der Waals surface area (Å²) < 4.78 is 11.3. The van der Waals surface area contributed by atoms with Gasteiger partial charge in [0.05, 0.1) is 7.11 Å². The third kappa shape index (κ3) is 4.72. The summed E-state index contributed by atoms with van der Waals surface area (Å²) in [5, 5.41) is 7.26. The minimum atomic E-state index is -0.191. The van der Waals surface area contributed by atoms with Crippen molar-refractivity contribution in [1.82, 2.24) is 15.5 Å². The summed E-state index contributed by atoms with van der Waals surface area (Å²) in [6.45, 7) is 5.44. The van der Waals surface area contributed by atoms with E-state index in [0.717, 1.165) is 49.2 Å². The average Bonchev–Trinajstić information content (AvgIpc) is 3.13. The fraction of sp³-hybridized carbons (Fsp3) is 0.318. The molecule has 2 aromatic carbocycles. The lowest BCUT2D eigenvalue weighted by molar-refractivity contribution is 0.0922. The van der Waals surface area contributed by atoms with Crippen LogP contribution < -0.4 is 15.4 Å². The van der Waals surface area contributed by atoms with E-state index >= 15 is 0 Å². The Labute approximate surface area is 176 Å². The van der Waals surface area contributed by atoms with Crippen molar-refractivity contribution in [3.63, 3.8) is 0 Å². The fourth-order valence-electron chi connectivity index (χ4n) is 3.60. The predicted molar refractivity (Wildman–Crippen MR) is 117 cm³/mol. The minimum Gasteiger partial charge on any atom is -0.497 e. The molecule has 4 rings (SSSR count). The van der Waals surface area contributed by atoms with E-state index in [1.165, 1.54) is 0 Å². The number of rotatable bonds is 6. The molecule has 1 fully saturated rings. The molecule has 3 aromatic rings. The van der Waals surface area contributed by atoms with Gasteiger partial charge in [0.15, 0.2) is 0 Å². The van der Waals surface area contributed by atoms with Crippen LogP contribution in [0.25, 0.3) is 22.1 Å². The Kier molecular flexibility index (Phi) is 7.14. The molecule has 1 aromatic heterocycles. The van der Waals surface area contributed by atoms with E-state index in [-0.39, 0.29) is 18.3 Å². The predicted octanol–water partition coefficient (Wildman–Crippen LogP) is 3.17. The van der Waals surface area contributed by atoms with E-state index in [2.05, 4.69) is 15.5 Å². The number of nitrogens with zero attached hydrogens (tertiary/aromatic N) is 1. The molecule has 1 amide bonds. The lowest BCUT2D eigenvalue weighted by atomic mass is 10.0. The summed E-state index contributed by atoms with van der Waals surface area (Å²) in [6, 6.07) is 15.5. The van der Waals surface area contributed by atoms with Crippen LogP contribution in [0.15, 0.2) is 52.9 Å². The number of hydrogen-bond acceptors (Lipinski definition) is 5. The molecule has 0 bridgehead atoms. The molecule has 0 radical (unpaired) electrons. The van der Waals surface area contributed by atoms with Gasteiger partial charge in [-0.2, -0.15) is 0 Å². The number of carbonyl (C=O) groups excluding carboxylic acids is 1. The number of halogens is 1. The molecule has 2 N–H and O–H groups in total. The highest BCUT2D eigenvalue weighted by molar-refractivity contribution is 6.08. The largest absolute Gasteiger partial charge is 0.497 e. The SMILES string of the molecule is COc1ccc2c(-c3ccccc3)c(C(=O)NCCN3CCNCC3)oc2c1.Cl. The Morgan fingerprint density at radius 1 is 1.17 bits per heavy atom. The average molecular weight is 416 g/mol. The number of furan rings is 1. The fourth-order valence-corrected chi connectivity index (χ4v) is 3.60. The van der Waals surface area contributed by atoms with Gasteiger partial charge in [0.1, 0.15) is 11.3 Å². The first-order chi connectivity index (χ1) is 13.8. The van der Waals surface area contributed by atoms with Gasteiger partial charge >= 0.3 is 0 Å². The monoisotopic (exact) mass is 415 g/mol. The summed E-state index contributed by atoms with van der Waals surface area (Å²) in [7, 11) is 1.62. The molecule has 2 heterocycles. The molecule has 0 atom stereocenters. The molecule has 1 aliphatic heterocycles. The van der Waals surface area contributed by atoms with Crippen LogP contribution in [0, 0.1) is 0 Å². The van der Waals surface area contributed by atoms with Crippen molar-refractivity contribution < 1.29 is 13.9 Å². The zero-order valence-corrected chi connectivity index (χ0v) is 17.3. The van der Waals surface area contributed by atoms with Crippen molar-refractivity contribution in [2.45, 2.75) is 0 Å². The highest BCUT2D eigenvalue weighted by Gasteiger charge is 2.22. The maximum absolute atomic E-state index is 12.9. The van der Waals surface area contributed by atoms with E-state index < -0.39 is 0 Å². The minimum absolute atomic E-state index is 0. The zero-order valence-electron chi connectivity index (χ0n) is 16.4. The number of nitrogens with one attached hydrogen (secondary N) is 2. The zero-order chi connectivity index (χ0) is 19.3. The molecular weight excluding hydrogens is 390 g/mol. The Bertz CT molecular complexity index is 953. The van der Waals surface area contributed by atoms with Gasteiger partial charge in [0.25, 0.3) is 5.91 Å². The van der Waals surface area contributed by atoms with E-state index in [1.54, 1.807) is 7.11 Å². The molecule has 7 heteroatoms. The molecule has 1 aliphatic rings. The smallest absolute Gasteiger partial charge is 0.287 e. The van der Waals surface area contributed by atoms with Crippen molar-refractivity contribution >= 4 is 29.3 Å². The second-order valence-electron chi connectivity index (χ2n) is 6.88. The van der Waals surface area contributed by atoms with Gasteiger partial charge in [-0.15, -0.1) is 12.4 Å². The van der Waals surface area contributed by atoms with Gasteiger partial charge in [-0.05, 0) is 17.7 Å². The number of piperazine rings is 1. The Balaban J connectivity index is 0.00000240. The second kappa shape index (κ2) is 9.78. The van der Waals surface area contributed by atoms with Crippen LogP contribution in [0.1, 0.15) is 10.6 Å². The van der Waals surface area contributed by atoms with Crippen LogP contribution >= 0.6 is 12.4 Å². The van der Waals surface area contributed by atoms with E-state index in [4.69, 9.17) is 9.15 Å². The van der Waals surface area contributed by atoms with Gasteiger partial charge in [0, 0.05) is 56.3 Å². The number of fused-ring (bicyclic) bond motifs is 1. The van der Waals surface area contributed by atoms with Gasteiger partial charge in [-0.1, -0.05) is 30.3 Å². The maximum atomic E-state index is 12.9. The van der Waals surface area contributed by atoms with E-state index in [0.29, 0.717) is 23.6 Å². The van der Waals surface area contributed by atoms with Gasteiger partial charge in [0.2, 0.25) is 5.76 Å². The molecule has 0 aliphatic carbocycles.